The van der Waals surface area contributed by atoms with E-state index in [1.807, 2.05) is 0 Å². The van der Waals surface area contributed by atoms with Crippen molar-refractivity contribution in [1.29, 1.82) is 0 Å². The van der Waals surface area contributed by atoms with E-state index >= 15 is 0 Å². The molecule has 0 saturated heterocycles. The molecule has 3 nitrogen and oxygen atoms in total. The first kappa shape index (κ1) is 17.1. The van der Waals surface area contributed by atoms with E-state index in [2.05, 4.69) is 43.5 Å². The van der Waals surface area contributed by atoms with E-state index in [4.69, 9.17) is 4.74 Å². The molecular weight excluding hydrogens is 274 g/mol. The predicted molar refractivity (Wildman–Crippen MR) is 90.8 cm³/mol. The Morgan fingerprint density at radius 1 is 1.18 bits per heavy atom. The third-order valence-corrected chi connectivity index (χ3v) is 5.06. The lowest BCUT2D eigenvalue weighted by atomic mass is 9.79. The summed E-state index contributed by atoms with van der Waals surface area (Å²) in [6, 6.07) is 0. The molecular formula is C19H31NO2. The summed E-state index contributed by atoms with van der Waals surface area (Å²) in [7, 11) is 0. The Morgan fingerprint density at radius 3 is 2.73 bits per heavy atom. The smallest absolute Gasteiger partial charge is 0.407 e. The van der Waals surface area contributed by atoms with Gasteiger partial charge in [-0.05, 0) is 57.8 Å². The largest absolute Gasteiger partial charge is 0.443 e. The molecule has 22 heavy (non-hydrogen) atoms. The van der Waals surface area contributed by atoms with Crippen LogP contribution < -0.4 is 5.32 Å². The van der Waals surface area contributed by atoms with Gasteiger partial charge in [0.15, 0.2) is 0 Å². The van der Waals surface area contributed by atoms with Crippen LogP contribution in [-0.4, -0.2) is 18.2 Å². The van der Waals surface area contributed by atoms with Gasteiger partial charge in [0.05, 0.1) is 0 Å². The first-order valence-corrected chi connectivity index (χ1v) is 8.88. The van der Waals surface area contributed by atoms with Crippen LogP contribution in [0, 0.1) is 11.8 Å². The fourth-order valence-corrected chi connectivity index (χ4v) is 3.56. The summed E-state index contributed by atoms with van der Waals surface area (Å²) in [5.74, 6) is 1.06. The molecule has 0 aromatic heterocycles. The third kappa shape index (κ3) is 5.51. The minimum Gasteiger partial charge on any atom is -0.443 e. The van der Waals surface area contributed by atoms with Gasteiger partial charge in [-0.2, -0.15) is 0 Å². The molecule has 1 saturated carbocycles. The molecule has 0 spiro atoms. The number of amides is 1. The van der Waals surface area contributed by atoms with Crippen molar-refractivity contribution in [2.24, 2.45) is 11.8 Å². The molecule has 124 valence electrons. The quantitative estimate of drug-likeness (QED) is 0.777. The van der Waals surface area contributed by atoms with Crippen LogP contribution >= 0.6 is 0 Å². The van der Waals surface area contributed by atoms with Crippen LogP contribution in [0.2, 0.25) is 0 Å². The molecule has 0 heterocycles. The maximum atomic E-state index is 12.0. The lowest BCUT2D eigenvalue weighted by Gasteiger charge is -2.36. The number of nitrogens with one attached hydrogen (secondary N) is 1. The van der Waals surface area contributed by atoms with Crippen molar-refractivity contribution in [3.63, 3.8) is 0 Å². The second-order valence-corrected chi connectivity index (χ2v) is 7.19. The van der Waals surface area contributed by atoms with Gasteiger partial charge in [0.25, 0.3) is 0 Å². The summed E-state index contributed by atoms with van der Waals surface area (Å²) in [6.07, 6.45) is 17.9. The lowest BCUT2D eigenvalue weighted by Crippen LogP contribution is -2.41. The van der Waals surface area contributed by atoms with Crippen molar-refractivity contribution >= 4 is 6.09 Å². The molecule has 0 aromatic carbocycles. The van der Waals surface area contributed by atoms with Gasteiger partial charge in [0.2, 0.25) is 0 Å². The van der Waals surface area contributed by atoms with Gasteiger partial charge in [0.1, 0.15) is 5.60 Å². The van der Waals surface area contributed by atoms with Crippen LogP contribution in [0.25, 0.3) is 0 Å². The fraction of sp³-hybridized carbons (Fsp3) is 0.737. The number of carbonyl (C=O) groups excluding carboxylic acids is 1. The van der Waals surface area contributed by atoms with Gasteiger partial charge in [0, 0.05) is 6.54 Å². The van der Waals surface area contributed by atoms with Crippen molar-refractivity contribution in [3.8, 4) is 0 Å². The van der Waals surface area contributed by atoms with E-state index in [-0.39, 0.29) is 11.7 Å². The lowest BCUT2D eigenvalue weighted by molar-refractivity contribution is -0.0185. The summed E-state index contributed by atoms with van der Waals surface area (Å²) in [5, 5.41) is 2.93. The highest BCUT2D eigenvalue weighted by molar-refractivity contribution is 5.67. The first-order chi connectivity index (χ1) is 10.6. The van der Waals surface area contributed by atoms with Crippen LogP contribution in [0.5, 0.6) is 0 Å². The maximum Gasteiger partial charge on any atom is 0.407 e. The molecule has 1 N–H and O–H groups in total. The van der Waals surface area contributed by atoms with Gasteiger partial charge in [-0.15, -0.1) is 0 Å². The SMILES string of the molecule is CC(C)(OC(=O)NCCC1C=CC=CCC1)C1CCCCC1. The summed E-state index contributed by atoms with van der Waals surface area (Å²) < 4.78 is 5.71. The van der Waals surface area contributed by atoms with Gasteiger partial charge >= 0.3 is 6.09 Å². The van der Waals surface area contributed by atoms with Gasteiger partial charge < -0.3 is 10.1 Å². The molecule has 0 aliphatic heterocycles. The molecule has 0 radical (unpaired) electrons. The summed E-state index contributed by atoms with van der Waals surface area (Å²) >= 11 is 0. The average Bonchev–Trinajstić information content (AvgIpc) is 2.76. The molecule has 0 aromatic rings. The zero-order valence-electron chi connectivity index (χ0n) is 14.1. The second-order valence-electron chi connectivity index (χ2n) is 7.19. The van der Waals surface area contributed by atoms with Crippen molar-refractivity contribution in [2.75, 3.05) is 6.54 Å². The number of carbonyl (C=O) groups is 1. The molecule has 1 unspecified atom stereocenters. The molecule has 2 rings (SSSR count). The van der Waals surface area contributed by atoms with Crippen molar-refractivity contribution < 1.29 is 9.53 Å². The average molecular weight is 305 g/mol. The van der Waals surface area contributed by atoms with Crippen LogP contribution in [-0.2, 0) is 4.74 Å². The topological polar surface area (TPSA) is 38.3 Å². The first-order valence-electron chi connectivity index (χ1n) is 8.88. The highest BCUT2D eigenvalue weighted by Crippen LogP contribution is 2.34. The Morgan fingerprint density at radius 2 is 1.95 bits per heavy atom. The monoisotopic (exact) mass is 305 g/mol. The number of hydrogen-bond acceptors (Lipinski definition) is 2. The van der Waals surface area contributed by atoms with E-state index in [9.17, 15) is 4.79 Å². The molecule has 3 heteroatoms. The zero-order valence-corrected chi connectivity index (χ0v) is 14.1. The highest BCUT2D eigenvalue weighted by Gasteiger charge is 2.34. The minimum atomic E-state index is -0.351. The number of allylic oxidation sites excluding steroid dienone is 4. The zero-order chi connectivity index (χ0) is 15.8. The highest BCUT2D eigenvalue weighted by atomic mass is 16.6. The Hall–Kier alpha value is -1.25. The van der Waals surface area contributed by atoms with Gasteiger partial charge in [-0.1, -0.05) is 43.6 Å². The number of hydrogen-bond donors (Lipinski definition) is 1. The van der Waals surface area contributed by atoms with Gasteiger partial charge in [-0.25, -0.2) is 4.79 Å². The Labute approximate surface area is 135 Å². The van der Waals surface area contributed by atoms with Crippen molar-refractivity contribution in [2.45, 2.75) is 70.8 Å². The van der Waals surface area contributed by atoms with Crippen molar-refractivity contribution in [1.82, 2.24) is 5.32 Å². The van der Waals surface area contributed by atoms with E-state index in [1.54, 1.807) is 0 Å². The fourth-order valence-electron chi connectivity index (χ4n) is 3.56. The van der Waals surface area contributed by atoms with E-state index < -0.39 is 0 Å². The van der Waals surface area contributed by atoms with E-state index in [1.165, 1.54) is 32.1 Å². The Kier molecular flexibility index (Phi) is 6.53. The van der Waals surface area contributed by atoms with Crippen LogP contribution in [0.3, 0.4) is 0 Å². The molecule has 2 aliphatic rings. The third-order valence-electron chi connectivity index (χ3n) is 5.06. The maximum absolute atomic E-state index is 12.0. The Balaban J connectivity index is 1.68. The van der Waals surface area contributed by atoms with Crippen LogP contribution in [0.4, 0.5) is 4.79 Å². The van der Waals surface area contributed by atoms with E-state index in [0.717, 1.165) is 19.3 Å². The normalized spacial score (nSPS) is 23.1. The molecule has 1 atom stereocenters. The number of rotatable bonds is 5. The number of ether oxygens (including phenoxy) is 1. The minimum absolute atomic E-state index is 0.258. The summed E-state index contributed by atoms with van der Waals surface area (Å²) in [6.45, 7) is 4.80. The Bertz CT molecular complexity index is 406. The molecule has 1 amide bonds. The van der Waals surface area contributed by atoms with Gasteiger partial charge in [-0.3, -0.25) is 0 Å². The standard InChI is InChI=1S/C19H31NO2/c1-19(2,17-12-8-5-9-13-17)22-18(21)20-15-14-16-10-6-3-4-7-11-16/h3-4,6,10,16-17H,5,7-9,11-15H2,1-2H3,(H,20,21). The summed E-state index contributed by atoms with van der Waals surface area (Å²) in [5.41, 5.74) is -0.351. The molecule has 0 bridgehead atoms. The predicted octanol–water partition coefficient (Wildman–Crippen LogP) is 4.98. The second kappa shape index (κ2) is 8.40. The van der Waals surface area contributed by atoms with Crippen LogP contribution in [0.1, 0.15) is 65.2 Å². The molecule has 2 aliphatic carbocycles. The van der Waals surface area contributed by atoms with Crippen LogP contribution in [0.15, 0.2) is 24.3 Å². The van der Waals surface area contributed by atoms with Crippen molar-refractivity contribution in [3.05, 3.63) is 24.3 Å². The number of alkyl carbamates (subject to hydrolysis) is 1. The molecule has 1 fully saturated rings. The van der Waals surface area contributed by atoms with E-state index in [0.29, 0.717) is 18.4 Å². The summed E-state index contributed by atoms with van der Waals surface area (Å²) in [4.78, 5) is 12.0.